The zero-order valence-corrected chi connectivity index (χ0v) is 12.3. The van der Waals surface area contributed by atoms with Crippen molar-refractivity contribution in [2.45, 2.75) is 42.7 Å². The molecule has 8 heteroatoms. The van der Waals surface area contributed by atoms with Gasteiger partial charge in [0.25, 0.3) is 0 Å². The average Bonchev–Trinajstić information content (AvgIpc) is 2.40. The second-order valence-corrected chi connectivity index (χ2v) is 6.82. The molecular formula is C13H19N3O4S. The van der Waals surface area contributed by atoms with E-state index in [2.05, 4.69) is 5.32 Å². The van der Waals surface area contributed by atoms with Crippen molar-refractivity contribution in [2.75, 3.05) is 5.32 Å². The van der Waals surface area contributed by atoms with Crippen LogP contribution in [0.1, 0.15) is 36.0 Å². The molecule has 2 rings (SSSR count). The third-order valence-electron chi connectivity index (χ3n) is 3.71. The van der Waals surface area contributed by atoms with Crippen molar-refractivity contribution in [2.24, 2.45) is 10.9 Å². The van der Waals surface area contributed by atoms with Gasteiger partial charge < -0.3 is 16.2 Å². The first-order valence-corrected chi connectivity index (χ1v) is 8.26. The number of primary sulfonamides is 1. The van der Waals surface area contributed by atoms with Gasteiger partial charge in [0, 0.05) is 17.8 Å². The second kappa shape index (κ2) is 6.00. The number of nitrogens with one attached hydrogen (secondary N) is 1. The highest BCUT2D eigenvalue weighted by Crippen LogP contribution is 2.25. The number of carboxylic acids is 1. The molecule has 0 heterocycles. The smallest absolute Gasteiger partial charge is 0.337 e. The summed E-state index contributed by atoms with van der Waals surface area (Å²) in [6, 6.07) is 3.72. The van der Waals surface area contributed by atoms with Crippen LogP contribution in [0.3, 0.4) is 0 Å². The first-order valence-electron chi connectivity index (χ1n) is 6.71. The van der Waals surface area contributed by atoms with E-state index in [0.717, 1.165) is 31.7 Å². The number of anilines is 1. The number of carboxylic acid groups (broad SMARTS) is 1. The van der Waals surface area contributed by atoms with E-state index < -0.39 is 16.0 Å². The largest absolute Gasteiger partial charge is 0.478 e. The fourth-order valence-corrected chi connectivity index (χ4v) is 3.08. The van der Waals surface area contributed by atoms with E-state index in [-0.39, 0.29) is 22.5 Å². The van der Waals surface area contributed by atoms with Crippen LogP contribution in [0.15, 0.2) is 23.1 Å². The SMILES string of the molecule is NC1CCCCC1Nc1ccc(S(N)(=O)=O)cc1C(=O)O. The van der Waals surface area contributed by atoms with Crippen LogP contribution in [0.5, 0.6) is 0 Å². The topological polar surface area (TPSA) is 136 Å². The van der Waals surface area contributed by atoms with E-state index in [1.54, 1.807) is 0 Å². The summed E-state index contributed by atoms with van der Waals surface area (Å²) in [7, 11) is -3.94. The average molecular weight is 313 g/mol. The zero-order valence-electron chi connectivity index (χ0n) is 11.5. The van der Waals surface area contributed by atoms with Crippen molar-refractivity contribution in [3.05, 3.63) is 23.8 Å². The van der Waals surface area contributed by atoms with Gasteiger partial charge in [-0.2, -0.15) is 0 Å². The highest BCUT2D eigenvalue weighted by molar-refractivity contribution is 7.89. The molecule has 1 saturated carbocycles. The molecule has 1 fully saturated rings. The van der Waals surface area contributed by atoms with Gasteiger partial charge in [0.1, 0.15) is 0 Å². The Morgan fingerprint density at radius 3 is 2.52 bits per heavy atom. The first kappa shape index (κ1) is 15.7. The maximum Gasteiger partial charge on any atom is 0.337 e. The maximum atomic E-state index is 11.3. The van der Waals surface area contributed by atoms with Gasteiger partial charge in [-0.25, -0.2) is 18.4 Å². The quantitative estimate of drug-likeness (QED) is 0.646. The summed E-state index contributed by atoms with van der Waals surface area (Å²) < 4.78 is 22.6. The fraction of sp³-hybridized carbons (Fsp3) is 0.462. The van der Waals surface area contributed by atoms with E-state index in [4.69, 9.17) is 10.9 Å². The normalized spacial score (nSPS) is 22.8. The van der Waals surface area contributed by atoms with Gasteiger partial charge >= 0.3 is 5.97 Å². The molecule has 6 N–H and O–H groups in total. The lowest BCUT2D eigenvalue weighted by molar-refractivity contribution is 0.0697. The maximum absolute atomic E-state index is 11.3. The molecule has 2 unspecified atom stereocenters. The lowest BCUT2D eigenvalue weighted by Gasteiger charge is -2.30. The Bertz CT molecular complexity index is 645. The summed E-state index contributed by atoms with van der Waals surface area (Å²) in [4.78, 5) is 11.1. The highest BCUT2D eigenvalue weighted by atomic mass is 32.2. The number of sulfonamides is 1. The van der Waals surface area contributed by atoms with Crippen molar-refractivity contribution in [3.63, 3.8) is 0 Å². The lowest BCUT2D eigenvalue weighted by atomic mass is 9.90. The van der Waals surface area contributed by atoms with Crippen LogP contribution in [0.4, 0.5) is 5.69 Å². The molecule has 7 nitrogen and oxygen atoms in total. The third-order valence-corrected chi connectivity index (χ3v) is 4.62. The van der Waals surface area contributed by atoms with Gasteiger partial charge in [0.2, 0.25) is 10.0 Å². The standard InChI is InChI=1S/C13H19N3O4S/c14-10-3-1-2-4-12(10)16-11-6-5-8(21(15,19)20)7-9(11)13(17)18/h5-7,10,12,16H,1-4,14H2,(H,17,18)(H2,15,19,20). The predicted molar refractivity (Wildman–Crippen MR) is 78.6 cm³/mol. The first-order chi connectivity index (χ1) is 9.79. The van der Waals surface area contributed by atoms with E-state index in [1.165, 1.54) is 12.1 Å². The van der Waals surface area contributed by atoms with Crippen molar-refractivity contribution in [1.82, 2.24) is 0 Å². The molecule has 1 aliphatic carbocycles. The summed E-state index contributed by atoms with van der Waals surface area (Å²) in [5, 5.41) is 17.4. The number of aromatic carboxylic acids is 1. The third kappa shape index (κ3) is 3.72. The van der Waals surface area contributed by atoms with Crippen molar-refractivity contribution in [1.29, 1.82) is 0 Å². The van der Waals surface area contributed by atoms with E-state index in [9.17, 15) is 18.3 Å². The van der Waals surface area contributed by atoms with Crippen molar-refractivity contribution < 1.29 is 18.3 Å². The molecular weight excluding hydrogens is 294 g/mol. The number of benzene rings is 1. The molecule has 1 aromatic rings. The van der Waals surface area contributed by atoms with Crippen LogP contribution >= 0.6 is 0 Å². The molecule has 1 aromatic carbocycles. The predicted octanol–water partition coefficient (Wildman–Crippen LogP) is 0.714. The summed E-state index contributed by atoms with van der Waals surface area (Å²) in [6.07, 6.45) is 3.84. The summed E-state index contributed by atoms with van der Waals surface area (Å²) >= 11 is 0. The minimum absolute atomic E-state index is 0.0165. The van der Waals surface area contributed by atoms with Crippen LogP contribution < -0.4 is 16.2 Å². The molecule has 116 valence electrons. The summed E-state index contributed by atoms with van der Waals surface area (Å²) in [6.45, 7) is 0. The Balaban J connectivity index is 2.32. The number of carbonyl (C=O) groups is 1. The Morgan fingerprint density at radius 1 is 1.29 bits per heavy atom. The zero-order chi connectivity index (χ0) is 15.6. The molecule has 0 aromatic heterocycles. The van der Waals surface area contributed by atoms with Gasteiger partial charge in [0.15, 0.2) is 0 Å². The number of hydrogen-bond acceptors (Lipinski definition) is 5. The van der Waals surface area contributed by atoms with Crippen LogP contribution in [0.25, 0.3) is 0 Å². The number of rotatable bonds is 4. The van der Waals surface area contributed by atoms with Gasteiger partial charge in [-0.05, 0) is 31.0 Å². The number of nitrogens with two attached hydrogens (primary N) is 2. The fourth-order valence-electron chi connectivity index (χ4n) is 2.54. The molecule has 0 amide bonds. The molecule has 0 radical (unpaired) electrons. The van der Waals surface area contributed by atoms with E-state index in [1.807, 2.05) is 0 Å². The molecule has 1 aliphatic rings. The van der Waals surface area contributed by atoms with Crippen LogP contribution in [-0.2, 0) is 10.0 Å². The minimum Gasteiger partial charge on any atom is -0.478 e. The highest BCUT2D eigenvalue weighted by Gasteiger charge is 2.24. The molecule has 21 heavy (non-hydrogen) atoms. The molecule has 2 atom stereocenters. The monoisotopic (exact) mass is 313 g/mol. The summed E-state index contributed by atoms with van der Waals surface area (Å²) in [5.74, 6) is -1.22. The Hall–Kier alpha value is -1.64. The van der Waals surface area contributed by atoms with Crippen molar-refractivity contribution >= 4 is 21.7 Å². The summed E-state index contributed by atoms with van der Waals surface area (Å²) in [5.41, 5.74) is 6.26. The second-order valence-electron chi connectivity index (χ2n) is 5.26. The Morgan fingerprint density at radius 2 is 1.95 bits per heavy atom. The van der Waals surface area contributed by atoms with Gasteiger partial charge in [-0.3, -0.25) is 0 Å². The Labute approximate surface area is 123 Å². The Kier molecular flexibility index (Phi) is 4.50. The van der Waals surface area contributed by atoms with Crippen LogP contribution in [0.2, 0.25) is 0 Å². The van der Waals surface area contributed by atoms with Crippen LogP contribution in [-0.4, -0.2) is 31.6 Å². The van der Waals surface area contributed by atoms with Gasteiger partial charge in [-0.1, -0.05) is 12.8 Å². The molecule has 0 spiro atoms. The van der Waals surface area contributed by atoms with Gasteiger partial charge in [-0.15, -0.1) is 0 Å². The molecule has 0 saturated heterocycles. The minimum atomic E-state index is -3.94. The van der Waals surface area contributed by atoms with Crippen LogP contribution in [0, 0.1) is 0 Å². The molecule has 0 bridgehead atoms. The van der Waals surface area contributed by atoms with Crippen molar-refractivity contribution in [3.8, 4) is 0 Å². The van der Waals surface area contributed by atoms with Gasteiger partial charge in [0.05, 0.1) is 10.5 Å². The lowest BCUT2D eigenvalue weighted by Crippen LogP contribution is -2.42. The van der Waals surface area contributed by atoms with E-state index in [0.29, 0.717) is 5.69 Å². The molecule has 0 aliphatic heterocycles. The van der Waals surface area contributed by atoms with E-state index >= 15 is 0 Å². The number of hydrogen-bond donors (Lipinski definition) is 4.